The lowest BCUT2D eigenvalue weighted by Crippen LogP contribution is -2.53. The maximum atomic E-state index is 13.5. The second kappa shape index (κ2) is 8.44. The van der Waals surface area contributed by atoms with Crippen molar-refractivity contribution >= 4 is 54.5 Å². The Bertz CT molecular complexity index is 1290. The van der Waals surface area contributed by atoms with Gasteiger partial charge in [-0.1, -0.05) is 40.2 Å². The van der Waals surface area contributed by atoms with Crippen LogP contribution in [0.2, 0.25) is 0 Å². The number of aromatic nitrogens is 1. The highest BCUT2D eigenvalue weighted by atomic mass is 79.9. The van der Waals surface area contributed by atoms with Crippen LogP contribution in [0, 0.1) is 0 Å². The smallest absolute Gasteiger partial charge is 0.255 e. The van der Waals surface area contributed by atoms with E-state index in [-0.39, 0.29) is 15.7 Å². The Balaban J connectivity index is 1.38. The fourth-order valence-corrected chi connectivity index (χ4v) is 8.05. The summed E-state index contributed by atoms with van der Waals surface area (Å²) in [6.07, 6.45) is 2.83. The third-order valence-corrected chi connectivity index (χ3v) is 10.2. The molecule has 3 aromatic rings. The molecule has 9 heteroatoms. The molecule has 2 aromatic carbocycles. The van der Waals surface area contributed by atoms with Crippen LogP contribution in [0.15, 0.2) is 70.2 Å². The first kappa shape index (κ1) is 21.9. The van der Waals surface area contributed by atoms with Crippen molar-refractivity contribution in [3.63, 3.8) is 0 Å². The van der Waals surface area contributed by atoms with E-state index in [1.807, 2.05) is 41.3 Å². The number of amides is 1. The summed E-state index contributed by atoms with van der Waals surface area (Å²) < 4.78 is 29.4. The van der Waals surface area contributed by atoms with E-state index < -0.39 is 10.0 Å². The first-order chi connectivity index (χ1) is 15.4. The van der Waals surface area contributed by atoms with Crippen LogP contribution in [0.1, 0.15) is 23.2 Å². The van der Waals surface area contributed by atoms with Gasteiger partial charge in [0.05, 0.1) is 10.4 Å². The molecule has 1 amide bonds. The predicted molar refractivity (Wildman–Crippen MR) is 130 cm³/mol. The molecule has 0 aliphatic carbocycles. The Morgan fingerprint density at radius 1 is 1.03 bits per heavy atom. The van der Waals surface area contributed by atoms with E-state index in [1.165, 1.54) is 0 Å². The number of rotatable bonds is 3. The molecular formula is C23H22BrN3O3S2. The van der Waals surface area contributed by atoms with Gasteiger partial charge in [0.2, 0.25) is 10.0 Å². The number of fused-ring (bicyclic) bond motifs is 1. The predicted octanol–water partition coefficient (Wildman–Crippen LogP) is 4.37. The van der Waals surface area contributed by atoms with Crippen LogP contribution < -0.4 is 0 Å². The molecule has 0 bridgehead atoms. The van der Waals surface area contributed by atoms with Crippen molar-refractivity contribution in [1.82, 2.24) is 14.2 Å². The number of hydrogen-bond acceptors (Lipinski definition) is 5. The zero-order valence-electron chi connectivity index (χ0n) is 17.3. The summed E-state index contributed by atoms with van der Waals surface area (Å²) in [6, 6.07) is 16.4. The summed E-state index contributed by atoms with van der Waals surface area (Å²) in [5.74, 6) is 0.866. The van der Waals surface area contributed by atoms with E-state index >= 15 is 0 Å². The molecule has 6 nitrogen and oxygen atoms in total. The number of pyridine rings is 1. The second-order valence-electron chi connectivity index (χ2n) is 8.00. The molecule has 0 atom stereocenters. The first-order valence-electron chi connectivity index (χ1n) is 10.5. The average molecular weight is 532 g/mol. The Kier molecular flexibility index (Phi) is 5.77. The van der Waals surface area contributed by atoms with Crippen LogP contribution >= 0.6 is 27.7 Å². The van der Waals surface area contributed by atoms with Gasteiger partial charge in [-0.3, -0.25) is 9.78 Å². The monoisotopic (exact) mass is 531 g/mol. The Hall–Kier alpha value is -1.94. The molecule has 3 heterocycles. The summed E-state index contributed by atoms with van der Waals surface area (Å²) in [7, 11) is -3.68. The normalized spacial score (nSPS) is 19.0. The number of para-hydroxylation sites is 1. The fraction of sp³-hybridized carbons (Fsp3) is 0.304. The molecular weight excluding hydrogens is 510 g/mol. The summed E-state index contributed by atoms with van der Waals surface area (Å²) >= 11 is 5.21. The topological polar surface area (TPSA) is 70.6 Å². The highest BCUT2D eigenvalue weighted by Gasteiger charge is 2.48. The van der Waals surface area contributed by atoms with Crippen molar-refractivity contribution in [1.29, 1.82) is 0 Å². The van der Waals surface area contributed by atoms with Crippen molar-refractivity contribution in [2.24, 2.45) is 0 Å². The van der Waals surface area contributed by atoms with Crippen molar-refractivity contribution in [2.75, 3.05) is 25.4 Å². The van der Waals surface area contributed by atoms with E-state index in [0.29, 0.717) is 43.6 Å². The Labute approximate surface area is 200 Å². The van der Waals surface area contributed by atoms with Crippen molar-refractivity contribution in [3.05, 3.63) is 70.8 Å². The Morgan fingerprint density at radius 2 is 1.78 bits per heavy atom. The largest absolute Gasteiger partial charge is 0.323 e. The van der Waals surface area contributed by atoms with Crippen LogP contribution in [-0.4, -0.2) is 58.8 Å². The molecule has 0 saturated carbocycles. The van der Waals surface area contributed by atoms with Crippen LogP contribution in [0.3, 0.4) is 0 Å². The molecule has 0 radical (unpaired) electrons. The number of hydrogen-bond donors (Lipinski definition) is 0. The Morgan fingerprint density at radius 3 is 2.56 bits per heavy atom. The molecule has 1 spiro atoms. The van der Waals surface area contributed by atoms with E-state index in [2.05, 4.69) is 20.9 Å². The molecule has 2 fully saturated rings. The SMILES string of the molecule is O=C(c1cccc(Br)c1)N1CCSC12CCN(S(=O)(=O)c1cccc3cccnc13)CC2. The highest BCUT2D eigenvalue weighted by Crippen LogP contribution is 2.45. The number of piperidine rings is 1. The molecule has 5 rings (SSSR count). The van der Waals surface area contributed by atoms with E-state index in [0.717, 1.165) is 15.6 Å². The molecule has 32 heavy (non-hydrogen) atoms. The van der Waals surface area contributed by atoms with Gasteiger partial charge in [-0.25, -0.2) is 8.42 Å². The van der Waals surface area contributed by atoms with Gasteiger partial charge in [0.1, 0.15) is 4.90 Å². The summed E-state index contributed by atoms with van der Waals surface area (Å²) in [4.78, 5) is 19.4. The highest BCUT2D eigenvalue weighted by molar-refractivity contribution is 9.10. The first-order valence-corrected chi connectivity index (χ1v) is 13.7. The maximum absolute atomic E-state index is 13.5. The number of carbonyl (C=O) groups is 1. The average Bonchev–Trinajstić information content (AvgIpc) is 3.21. The van der Waals surface area contributed by atoms with Crippen LogP contribution in [0.4, 0.5) is 0 Å². The number of sulfonamides is 1. The molecule has 2 saturated heterocycles. The molecule has 2 aliphatic heterocycles. The van der Waals surface area contributed by atoms with Crippen molar-refractivity contribution in [3.8, 4) is 0 Å². The lowest BCUT2D eigenvalue weighted by Gasteiger charge is -2.43. The number of benzene rings is 2. The van der Waals surface area contributed by atoms with Gasteiger partial charge in [0.25, 0.3) is 5.91 Å². The van der Waals surface area contributed by atoms with Gasteiger partial charge in [0.15, 0.2) is 0 Å². The number of thioether (sulfide) groups is 1. The third-order valence-electron chi connectivity index (χ3n) is 6.21. The standard InChI is InChI=1S/C23H22BrN3O3S2/c24-19-7-1-5-18(16-19)22(28)27-14-15-31-23(27)9-12-26(13-10-23)32(29,30)20-8-2-4-17-6-3-11-25-21(17)20/h1-8,11,16H,9-10,12-15H2. The molecule has 0 N–H and O–H groups in total. The second-order valence-corrected chi connectivity index (χ2v) is 12.3. The lowest BCUT2D eigenvalue weighted by molar-refractivity contribution is 0.0605. The van der Waals surface area contributed by atoms with Gasteiger partial charge in [-0.15, -0.1) is 11.8 Å². The van der Waals surface area contributed by atoms with Gasteiger partial charge in [-0.05, 0) is 43.2 Å². The van der Waals surface area contributed by atoms with Gasteiger partial charge < -0.3 is 4.90 Å². The van der Waals surface area contributed by atoms with Gasteiger partial charge >= 0.3 is 0 Å². The third kappa shape index (κ3) is 3.75. The van der Waals surface area contributed by atoms with E-state index in [1.54, 1.807) is 40.5 Å². The fourth-order valence-electron chi connectivity index (χ4n) is 4.59. The molecule has 166 valence electrons. The molecule has 0 unspecified atom stereocenters. The zero-order valence-corrected chi connectivity index (χ0v) is 20.5. The molecule has 1 aromatic heterocycles. The summed E-state index contributed by atoms with van der Waals surface area (Å²) in [6.45, 7) is 1.43. The summed E-state index contributed by atoms with van der Waals surface area (Å²) in [5, 5.41) is 0.805. The van der Waals surface area contributed by atoms with Gasteiger partial charge in [0, 0.05) is 47.0 Å². The zero-order chi connectivity index (χ0) is 22.3. The van der Waals surface area contributed by atoms with Crippen LogP contribution in [0.5, 0.6) is 0 Å². The number of halogens is 1. The minimum Gasteiger partial charge on any atom is -0.323 e. The minimum atomic E-state index is -3.68. The van der Waals surface area contributed by atoms with Crippen molar-refractivity contribution < 1.29 is 13.2 Å². The quantitative estimate of drug-likeness (QED) is 0.501. The summed E-state index contributed by atoms with van der Waals surface area (Å²) in [5.41, 5.74) is 1.15. The lowest BCUT2D eigenvalue weighted by atomic mass is 10.0. The van der Waals surface area contributed by atoms with Gasteiger partial charge in [-0.2, -0.15) is 4.31 Å². The van der Waals surface area contributed by atoms with Crippen molar-refractivity contribution in [2.45, 2.75) is 22.6 Å². The minimum absolute atomic E-state index is 0.00543. The van der Waals surface area contributed by atoms with E-state index in [4.69, 9.17) is 0 Å². The van der Waals surface area contributed by atoms with E-state index in [9.17, 15) is 13.2 Å². The number of carbonyl (C=O) groups excluding carboxylic acids is 1. The maximum Gasteiger partial charge on any atom is 0.255 e. The van der Waals surface area contributed by atoms with Crippen LogP contribution in [-0.2, 0) is 10.0 Å². The molecule has 2 aliphatic rings. The number of nitrogens with zero attached hydrogens (tertiary/aromatic N) is 3. The van der Waals surface area contributed by atoms with Crippen LogP contribution in [0.25, 0.3) is 10.9 Å².